The molecule has 3 heterocycles. The van der Waals surface area contributed by atoms with Gasteiger partial charge >= 0.3 is 0 Å². The van der Waals surface area contributed by atoms with Gasteiger partial charge in [0.05, 0.1) is 10.6 Å². The maximum atomic E-state index is 13.7. The minimum Gasteiger partial charge on any atom is -0.368 e. The number of carbonyl (C=O) groups is 1. The van der Waals surface area contributed by atoms with E-state index in [1.807, 2.05) is 11.8 Å². The monoisotopic (exact) mass is 545 g/mol. The van der Waals surface area contributed by atoms with Gasteiger partial charge in [0, 0.05) is 52.5 Å². The fraction of sp³-hybridized carbons (Fsp3) is 0.407. The summed E-state index contributed by atoms with van der Waals surface area (Å²) in [5.41, 5.74) is 4.05. The normalized spacial score (nSPS) is 16.8. The molecule has 0 spiro atoms. The van der Waals surface area contributed by atoms with Crippen molar-refractivity contribution in [2.45, 2.75) is 44.6 Å². The van der Waals surface area contributed by atoms with E-state index >= 15 is 0 Å². The van der Waals surface area contributed by atoms with E-state index in [-0.39, 0.29) is 31.4 Å². The Kier molecular flexibility index (Phi) is 7.04. The van der Waals surface area contributed by atoms with Gasteiger partial charge in [-0.1, -0.05) is 5.16 Å². The van der Waals surface area contributed by atoms with Crippen LogP contribution in [-0.4, -0.2) is 63.1 Å². The zero-order valence-electron chi connectivity index (χ0n) is 21.8. The highest BCUT2D eigenvalue weighted by atomic mass is 32.2. The summed E-state index contributed by atoms with van der Waals surface area (Å²) >= 11 is 0. The van der Waals surface area contributed by atoms with Crippen molar-refractivity contribution in [1.29, 1.82) is 0 Å². The molecule has 1 atom stereocenters. The van der Waals surface area contributed by atoms with Gasteiger partial charge < -0.3 is 19.2 Å². The van der Waals surface area contributed by atoms with E-state index in [4.69, 9.17) is 4.52 Å². The van der Waals surface area contributed by atoms with Crippen LogP contribution < -0.4 is 14.5 Å². The minimum atomic E-state index is -3.81. The lowest BCUT2D eigenvalue weighted by atomic mass is 9.99. The molecule has 5 rings (SSSR count). The van der Waals surface area contributed by atoms with Crippen LogP contribution in [0.1, 0.15) is 33.0 Å². The van der Waals surface area contributed by atoms with Gasteiger partial charge in [0.1, 0.15) is 11.9 Å². The smallest absolute Gasteiger partial charge is 0.264 e. The van der Waals surface area contributed by atoms with Crippen LogP contribution in [0.4, 0.5) is 21.6 Å². The molecule has 0 aliphatic carbocycles. The van der Waals surface area contributed by atoms with E-state index < -0.39 is 10.0 Å². The SMILES string of the molecule is Cc1noc(NS(=O)(=O)c2ccc(N3CCN(C(=O)[C@H](C)N4CCCc5cc(F)ccc54)CC3)cc2)c1C.[HH].[HH]. The molecule has 1 aromatic heterocycles. The van der Waals surface area contributed by atoms with E-state index in [1.54, 1.807) is 50.2 Å². The van der Waals surface area contributed by atoms with Crippen LogP contribution in [0.25, 0.3) is 0 Å². The average molecular weight is 546 g/mol. The van der Waals surface area contributed by atoms with E-state index in [0.29, 0.717) is 37.4 Å². The first-order chi connectivity index (χ1) is 18.1. The zero-order valence-corrected chi connectivity index (χ0v) is 22.6. The summed E-state index contributed by atoms with van der Waals surface area (Å²) in [6, 6.07) is 11.1. The number of nitrogens with zero attached hydrogens (tertiary/aromatic N) is 4. The highest BCUT2D eigenvalue weighted by Crippen LogP contribution is 2.30. The lowest BCUT2D eigenvalue weighted by Gasteiger charge is -2.41. The Morgan fingerprint density at radius 1 is 1.08 bits per heavy atom. The number of aryl methyl sites for hydroxylation is 2. The number of amides is 1. The van der Waals surface area contributed by atoms with E-state index in [9.17, 15) is 17.6 Å². The number of sulfonamides is 1. The van der Waals surface area contributed by atoms with Gasteiger partial charge in [0.15, 0.2) is 0 Å². The Hall–Kier alpha value is -3.60. The summed E-state index contributed by atoms with van der Waals surface area (Å²) in [7, 11) is -3.81. The molecule has 9 nitrogen and oxygen atoms in total. The number of rotatable bonds is 6. The molecule has 0 saturated carbocycles. The second kappa shape index (κ2) is 10.3. The van der Waals surface area contributed by atoms with Crippen LogP contribution in [0, 0.1) is 19.7 Å². The molecule has 38 heavy (non-hydrogen) atoms. The van der Waals surface area contributed by atoms with Crippen LogP contribution in [0.3, 0.4) is 0 Å². The van der Waals surface area contributed by atoms with Crippen LogP contribution >= 0.6 is 0 Å². The first-order valence-corrected chi connectivity index (χ1v) is 14.3. The van der Waals surface area contributed by atoms with Crippen molar-refractivity contribution in [3.8, 4) is 0 Å². The number of carbonyl (C=O) groups excluding carboxylic acids is 1. The number of benzene rings is 2. The number of hydrogen-bond acceptors (Lipinski definition) is 7. The lowest BCUT2D eigenvalue weighted by molar-refractivity contribution is -0.132. The maximum absolute atomic E-state index is 13.7. The molecule has 206 valence electrons. The van der Waals surface area contributed by atoms with Crippen molar-refractivity contribution in [3.63, 3.8) is 0 Å². The zero-order chi connectivity index (χ0) is 27.0. The third-order valence-electron chi connectivity index (χ3n) is 7.51. The fourth-order valence-electron chi connectivity index (χ4n) is 5.11. The third-order valence-corrected chi connectivity index (χ3v) is 8.86. The molecule has 2 aromatic carbocycles. The molecule has 1 saturated heterocycles. The molecule has 0 unspecified atom stereocenters. The molecule has 3 aromatic rings. The number of piperazine rings is 1. The molecule has 1 amide bonds. The van der Waals surface area contributed by atoms with Crippen molar-refractivity contribution in [1.82, 2.24) is 10.1 Å². The highest BCUT2D eigenvalue weighted by Gasteiger charge is 2.31. The van der Waals surface area contributed by atoms with Crippen LogP contribution in [0.2, 0.25) is 0 Å². The number of anilines is 3. The van der Waals surface area contributed by atoms with Crippen LogP contribution in [0.5, 0.6) is 0 Å². The van der Waals surface area contributed by atoms with Gasteiger partial charge in [0.25, 0.3) is 10.0 Å². The highest BCUT2D eigenvalue weighted by molar-refractivity contribution is 7.92. The number of halogens is 1. The predicted octanol–water partition coefficient (Wildman–Crippen LogP) is 4.21. The van der Waals surface area contributed by atoms with Crippen molar-refractivity contribution >= 4 is 33.2 Å². The largest absolute Gasteiger partial charge is 0.368 e. The summed E-state index contributed by atoms with van der Waals surface area (Å²) in [5, 5.41) is 3.79. The molecule has 1 fully saturated rings. The summed E-state index contributed by atoms with van der Waals surface area (Å²) in [5.74, 6) is -0.0725. The second-order valence-corrected chi connectivity index (χ2v) is 11.6. The van der Waals surface area contributed by atoms with Crippen molar-refractivity contribution in [2.24, 2.45) is 0 Å². The van der Waals surface area contributed by atoms with Crippen molar-refractivity contribution in [2.75, 3.05) is 47.2 Å². The molecule has 11 heteroatoms. The summed E-state index contributed by atoms with van der Waals surface area (Å²) in [6.07, 6.45) is 1.71. The Morgan fingerprint density at radius 3 is 2.45 bits per heavy atom. The average Bonchev–Trinajstić information content (AvgIpc) is 3.23. The van der Waals surface area contributed by atoms with E-state index in [2.05, 4.69) is 19.7 Å². The van der Waals surface area contributed by atoms with Crippen molar-refractivity contribution < 1.29 is 25.0 Å². The molecule has 1 N–H and O–H groups in total. The van der Waals surface area contributed by atoms with Crippen LogP contribution in [-0.2, 0) is 21.2 Å². The number of aromatic nitrogens is 1. The first-order valence-electron chi connectivity index (χ1n) is 12.8. The molecule has 0 radical (unpaired) electrons. The first kappa shape index (κ1) is 26.0. The molecular formula is C27H36FN5O4S. The Labute approximate surface area is 225 Å². The Bertz CT molecular complexity index is 1440. The predicted molar refractivity (Wildman–Crippen MR) is 148 cm³/mol. The quantitative estimate of drug-likeness (QED) is 0.495. The summed E-state index contributed by atoms with van der Waals surface area (Å²) in [4.78, 5) is 19.6. The van der Waals surface area contributed by atoms with E-state index in [0.717, 1.165) is 36.3 Å². The molecule has 2 aliphatic rings. The maximum Gasteiger partial charge on any atom is 0.264 e. The molecule has 2 aliphatic heterocycles. The number of hydrogen-bond donors (Lipinski definition) is 1. The Balaban J connectivity index is 0.00000220. The second-order valence-electron chi connectivity index (χ2n) is 9.88. The topological polar surface area (TPSA) is 99.0 Å². The molecular weight excluding hydrogens is 509 g/mol. The van der Waals surface area contributed by atoms with Gasteiger partial charge in [0.2, 0.25) is 11.8 Å². The minimum absolute atomic E-state index is 0. The number of fused-ring (bicyclic) bond motifs is 1. The van der Waals surface area contributed by atoms with E-state index in [1.165, 1.54) is 6.07 Å². The standard InChI is InChI=1S/C27H32FN5O4S.2H2/c1-18-19(2)29-37-26(18)30-38(35,36)24-9-7-23(8-10-24)31-13-15-32(16-14-31)27(34)20(3)33-12-4-5-21-17-22(28)6-11-25(21)33;;/h6-11,17,20,30H,4-5,12-16H2,1-3H3;2*1H/t20-;;/m0../s1. The summed E-state index contributed by atoms with van der Waals surface area (Å²) in [6.45, 7) is 8.59. The number of nitrogens with one attached hydrogen (secondary N) is 1. The van der Waals surface area contributed by atoms with Gasteiger partial charge in [-0.05, 0) is 81.6 Å². The summed E-state index contributed by atoms with van der Waals surface area (Å²) < 4.78 is 46.8. The third kappa shape index (κ3) is 5.07. The fourth-order valence-corrected chi connectivity index (χ4v) is 6.15. The lowest BCUT2D eigenvalue weighted by Crippen LogP contribution is -2.55. The molecule has 0 bridgehead atoms. The Morgan fingerprint density at radius 2 is 1.79 bits per heavy atom. The van der Waals surface area contributed by atoms with Crippen molar-refractivity contribution in [3.05, 3.63) is 65.1 Å². The van der Waals surface area contributed by atoms with Gasteiger partial charge in [-0.3, -0.25) is 4.79 Å². The van der Waals surface area contributed by atoms with Gasteiger partial charge in [-0.15, -0.1) is 0 Å². The van der Waals surface area contributed by atoms with Gasteiger partial charge in [-0.25, -0.2) is 17.5 Å². The van der Waals surface area contributed by atoms with Gasteiger partial charge in [-0.2, -0.15) is 0 Å². The van der Waals surface area contributed by atoms with Crippen LogP contribution in [0.15, 0.2) is 51.9 Å².